The van der Waals surface area contributed by atoms with Crippen LogP contribution in [-0.2, 0) is 30.6 Å². The van der Waals surface area contributed by atoms with Crippen LogP contribution < -0.4 is 11.1 Å². The molecular weight excluding hydrogens is 378 g/mol. The fraction of sp³-hybridized carbons (Fsp3) is 0.522. The molecule has 2 aromatic rings. The van der Waals surface area contributed by atoms with Gasteiger partial charge in [0, 0.05) is 36.8 Å². The molecule has 0 radical (unpaired) electrons. The number of carbonyl (C=O) groups excluding carboxylic acids is 2. The summed E-state index contributed by atoms with van der Waals surface area (Å²) in [6.45, 7) is 2.56. The summed E-state index contributed by atoms with van der Waals surface area (Å²) in [6, 6.07) is 10.8. The molecule has 2 amide bonds. The highest BCUT2D eigenvalue weighted by Gasteiger charge is 2.33. The Labute approximate surface area is 177 Å². The third kappa shape index (κ3) is 4.26. The average molecular weight is 410 g/mol. The first-order valence-corrected chi connectivity index (χ1v) is 10.9. The molecule has 2 heterocycles. The highest BCUT2D eigenvalue weighted by molar-refractivity contribution is 5.93. The molecule has 0 saturated carbocycles. The lowest BCUT2D eigenvalue weighted by Gasteiger charge is -2.38. The summed E-state index contributed by atoms with van der Waals surface area (Å²) in [6.07, 6.45) is 5.37. The fourth-order valence-electron chi connectivity index (χ4n) is 4.90. The average Bonchev–Trinajstić information content (AvgIpc) is 3.16. The molecule has 1 atom stereocenters. The zero-order valence-corrected chi connectivity index (χ0v) is 17.6. The molecule has 1 aliphatic heterocycles. The number of aryl methyl sites for hydroxylation is 2. The van der Waals surface area contributed by atoms with E-state index < -0.39 is 0 Å². The number of nitrogens with one attached hydrogen (secondary N) is 1. The van der Waals surface area contributed by atoms with Crippen molar-refractivity contribution in [3.05, 3.63) is 52.8 Å². The summed E-state index contributed by atoms with van der Waals surface area (Å²) < 4.78 is 2.04. The molecule has 7 heteroatoms. The third-order valence-corrected chi connectivity index (χ3v) is 6.67. The van der Waals surface area contributed by atoms with E-state index in [1.54, 1.807) is 7.05 Å². The molecular formula is C23H31N5O2. The molecule has 1 fully saturated rings. The monoisotopic (exact) mass is 409 g/mol. The first kappa shape index (κ1) is 20.6. The molecule has 0 spiro atoms. The standard InChI is InChI=1S/C23H31N5O2/c1-25-23(30)21-19-15-18(27-12-10-17(11-13-27)22(24)29)7-8-20(19)28(26-21)14-9-16-5-3-2-4-6-16/h2-6,17-18H,7-15H2,1H3,(H2,24,29)(H,25,30). The van der Waals surface area contributed by atoms with E-state index in [9.17, 15) is 9.59 Å². The summed E-state index contributed by atoms with van der Waals surface area (Å²) >= 11 is 0. The second-order valence-electron chi connectivity index (χ2n) is 8.42. The van der Waals surface area contributed by atoms with E-state index in [-0.39, 0.29) is 17.7 Å². The number of hydrogen-bond acceptors (Lipinski definition) is 4. The van der Waals surface area contributed by atoms with Gasteiger partial charge in [0.05, 0.1) is 0 Å². The molecule has 1 aliphatic carbocycles. The van der Waals surface area contributed by atoms with Crippen molar-refractivity contribution in [1.82, 2.24) is 20.0 Å². The number of primary amides is 1. The van der Waals surface area contributed by atoms with Gasteiger partial charge in [0.25, 0.3) is 5.91 Å². The van der Waals surface area contributed by atoms with Gasteiger partial charge in [0.1, 0.15) is 0 Å². The quantitative estimate of drug-likeness (QED) is 0.757. The van der Waals surface area contributed by atoms with Crippen molar-refractivity contribution < 1.29 is 9.59 Å². The molecule has 4 rings (SSSR count). The Hall–Kier alpha value is -2.67. The van der Waals surface area contributed by atoms with Gasteiger partial charge in [0.15, 0.2) is 5.69 Å². The third-order valence-electron chi connectivity index (χ3n) is 6.67. The van der Waals surface area contributed by atoms with Gasteiger partial charge in [-0.05, 0) is 57.2 Å². The van der Waals surface area contributed by atoms with E-state index in [0.717, 1.165) is 63.7 Å². The zero-order valence-electron chi connectivity index (χ0n) is 17.6. The van der Waals surface area contributed by atoms with Crippen LogP contribution in [0.4, 0.5) is 0 Å². The van der Waals surface area contributed by atoms with E-state index in [2.05, 4.69) is 34.5 Å². The molecule has 160 valence electrons. The van der Waals surface area contributed by atoms with Crippen LogP contribution in [0.3, 0.4) is 0 Å². The Morgan fingerprint density at radius 2 is 1.90 bits per heavy atom. The fourth-order valence-corrected chi connectivity index (χ4v) is 4.90. The first-order valence-electron chi connectivity index (χ1n) is 10.9. The Bertz CT molecular complexity index is 900. The molecule has 3 N–H and O–H groups in total. The number of nitrogens with zero attached hydrogens (tertiary/aromatic N) is 3. The van der Waals surface area contributed by atoms with Crippen LogP contribution in [0.25, 0.3) is 0 Å². The topological polar surface area (TPSA) is 93.2 Å². The summed E-state index contributed by atoms with van der Waals surface area (Å²) in [5.41, 5.74) is 9.62. The number of aromatic nitrogens is 2. The molecule has 2 aliphatic rings. The molecule has 30 heavy (non-hydrogen) atoms. The van der Waals surface area contributed by atoms with Gasteiger partial charge in [-0.25, -0.2) is 0 Å². The van der Waals surface area contributed by atoms with Crippen LogP contribution in [0, 0.1) is 5.92 Å². The summed E-state index contributed by atoms with van der Waals surface area (Å²) in [4.78, 5) is 26.5. The van der Waals surface area contributed by atoms with Crippen LogP contribution in [0.1, 0.15) is 46.6 Å². The Kier molecular flexibility index (Phi) is 6.18. The molecule has 7 nitrogen and oxygen atoms in total. The van der Waals surface area contributed by atoms with Gasteiger partial charge in [-0.15, -0.1) is 0 Å². The lowest BCUT2D eigenvalue weighted by atomic mass is 9.87. The maximum atomic E-state index is 12.5. The predicted octanol–water partition coefficient (Wildman–Crippen LogP) is 1.54. The second-order valence-corrected chi connectivity index (χ2v) is 8.42. The smallest absolute Gasteiger partial charge is 0.271 e. The number of rotatable bonds is 6. The van der Waals surface area contributed by atoms with Crippen LogP contribution in [-0.4, -0.2) is 52.7 Å². The Balaban J connectivity index is 1.50. The zero-order chi connectivity index (χ0) is 21.1. The summed E-state index contributed by atoms with van der Waals surface area (Å²) in [5, 5.41) is 7.47. The van der Waals surface area contributed by atoms with Crippen molar-refractivity contribution in [2.45, 2.75) is 51.1 Å². The molecule has 0 bridgehead atoms. The normalized spacial score (nSPS) is 20.0. The van der Waals surface area contributed by atoms with Crippen molar-refractivity contribution in [3.8, 4) is 0 Å². The second kappa shape index (κ2) is 9.00. The number of fused-ring (bicyclic) bond motifs is 1. The van der Waals surface area contributed by atoms with Crippen molar-refractivity contribution in [1.29, 1.82) is 0 Å². The van der Waals surface area contributed by atoms with Gasteiger partial charge in [0.2, 0.25) is 5.91 Å². The van der Waals surface area contributed by atoms with Crippen LogP contribution in [0.15, 0.2) is 30.3 Å². The highest BCUT2D eigenvalue weighted by Crippen LogP contribution is 2.30. The van der Waals surface area contributed by atoms with Crippen molar-refractivity contribution in [2.75, 3.05) is 20.1 Å². The van der Waals surface area contributed by atoms with Gasteiger partial charge in [-0.2, -0.15) is 5.10 Å². The van der Waals surface area contributed by atoms with Crippen LogP contribution in [0.5, 0.6) is 0 Å². The van der Waals surface area contributed by atoms with E-state index in [1.807, 2.05) is 10.7 Å². The maximum Gasteiger partial charge on any atom is 0.271 e. The largest absolute Gasteiger partial charge is 0.369 e. The van der Waals surface area contributed by atoms with Gasteiger partial charge >= 0.3 is 0 Å². The SMILES string of the molecule is CNC(=O)c1nn(CCc2ccccc2)c2c1CC(N1CCC(C(N)=O)CC1)CC2. The first-order chi connectivity index (χ1) is 14.6. The van der Waals surface area contributed by atoms with E-state index in [0.29, 0.717) is 11.7 Å². The van der Waals surface area contributed by atoms with E-state index in [1.165, 1.54) is 11.3 Å². The minimum atomic E-state index is -0.179. The van der Waals surface area contributed by atoms with Crippen molar-refractivity contribution in [3.63, 3.8) is 0 Å². The van der Waals surface area contributed by atoms with Crippen molar-refractivity contribution in [2.24, 2.45) is 11.7 Å². The molecule has 1 aromatic carbocycles. The Morgan fingerprint density at radius 1 is 1.17 bits per heavy atom. The highest BCUT2D eigenvalue weighted by atomic mass is 16.2. The van der Waals surface area contributed by atoms with Gasteiger partial charge < -0.3 is 11.1 Å². The van der Waals surface area contributed by atoms with E-state index >= 15 is 0 Å². The minimum Gasteiger partial charge on any atom is -0.369 e. The molecule has 1 aromatic heterocycles. The summed E-state index contributed by atoms with van der Waals surface area (Å²) in [5.74, 6) is -0.289. The number of nitrogens with two attached hydrogens (primary N) is 1. The Morgan fingerprint density at radius 3 is 2.57 bits per heavy atom. The number of amides is 2. The predicted molar refractivity (Wildman–Crippen MR) is 115 cm³/mol. The number of piperidine rings is 1. The van der Waals surface area contributed by atoms with Gasteiger partial charge in [-0.3, -0.25) is 19.2 Å². The minimum absolute atomic E-state index is 0.00238. The number of hydrogen-bond donors (Lipinski definition) is 2. The lowest BCUT2D eigenvalue weighted by molar-refractivity contribution is -0.123. The summed E-state index contributed by atoms with van der Waals surface area (Å²) in [7, 11) is 1.66. The van der Waals surface area contributed by atoms with Gasteiger partial charge in [-0.1, -0.05) is 30.3 Å². The number of likely N-dealkylation sites (tertiary alicyclic amines) is 1. The lowest BCUT2D eigenvalue weighted by Crippen LogP contribution is -2.46. The molecule has 1 saturated heterocycles. The van der Waals surface area contributed by atoms with E-state index in [4.69, 9.17) is 10.8 Å². The van der Waals surface area contributed by atoms with Crippen LogP contribution >= 0.6 is 0 Å². The molecule has 1 unspecified atom stereocenters. The maximum absolute atomic E-state index is 12.5. The van der Waals surface area contributed by atoms with Crippen LogP contribution in [0.2, 0.25) is 0 Å². The van der Waals surface area contributed by atoms with Crippen molar-refractivity contribution >= 4 is 11.8 Å². The number of benzene rings is 1. The number of carbonyl (C=O) groups is 2.